The smallest absolute Gasteiger partial charge is 0.0746 e. The summed E-state index contributed by atoms with van der Waals surface area (Å²) >= 11 is 0. The standard InChI is InChI=1S/C62H41N/c1-2-21-42(22-3-1)45-25-10-17-38-58(45)63(40-19-18-23-43-41-61(52-32-11-4-24-44(43)52)53-33-12-5-26-46(53)47-27-6-13-34-54(47)61)59-39-20-31-51-50-30-9-16-37-57(50)62(60(51)59)55-35-14-7-28-48(55)49-29-8-15-36-56(49)62/h1-41H/b23-18-,40-19+. The van der Waals surface area contributed by atoms with Crippen LogP contribution in [0.4, 0.5) is 11.4 Å². The monoisotopic (exact) mass is 799 g/mol. The minimum Gasteiger partial charge on any atom is -0.316 e. The molecule has 13 rings (SSSR count). The number of benzene rings is 9. The molecule has 1 nitrogen and oxygen atoms in total. The van der Waals surface area contributed by atoms with Crippen molar-refractivity contribution < 1.29 is 0 Å². The van der Waals surface area contributed by atoms with Crippen LogP contribution in [0.25, 0.3) is 50.1 Å². The van der Waals surface area contributed by atoms with E-state index in [4.69, 9.17) is 0 Å². The molecule has 0 saturated carbocycles. The van der Waals surface area contributed by atoms with Crippen LogP contribution in [0.15, 0.2) is 249 Å². The lowest BCUT2D eigenvalue weighted by Gasteiger charge is -2.35. The van der Waals surface area contributed by atoms with Gasteiger partial charge in [-0.1, -0.05) is 224 Å². The molecule has 0 heterocycles. The van der Waals surface area contributed by atoms with E-state index in [0.29, 0.717) is 0 Å². The number of allylic oxidation sites excluding steroid dienone is 5. The molecule has 0 unspecified atom stereocenters. The third-order valence-electron chi connectivity index (χ3n) is 14.1. The molecule has 0 saturated heterocycles. The second kappa shape index (κ2) is 13.8. The molecule has 0 bridgehead atoms. The first kappa shape index (κ1) is 35.7. The second-order valence-corrected chi connectivity index (χ2v) is 17.1. The molecule has 0 atom stereocenters. The van der Waals surface area contributed by atoms with Gasteiger partial charge in [-0.2, -0.15) is 0 Å². The van der Waals surface area contributed by atoms with Crippen LogP contribution in [0.2, 0.25) is 0 Å². The van der Waals surface area contributed by atoms with Crippen LogP contribution in [0, 0.1) is 0 Å². The van der Waals surface area contributed by atoms with Gasteiger partial charge in [0.15, 0.2) is 0 Å². The molecule has 1 heteroatoms. The molecular formula is C62H41N. The minimum absolute atomic E-state index is 0.338. The summed E-state index contributed by atoms with van der Waals surface area (Å²) in [6.07, 6.45) is 11.6. The van der Waals surface area contributed by atoms with Crippen molar-refractivity contribution in [1.29, 1.82) is 0 Å². The SMILES string of the molecule is C1=C(/C=C\C=C\N(c2ccccc2-c2ccccc2)c2cccc3c2C2(c4ccccc4-c4ccccc42)c2ccccc2-3)c2ccccc2C12c1ccccc1-c1ccccc12. The summed E-state index contributed by atoms with van der Waals surface area (Å²) in [5, 5.41) is 0. The molecule has 4 aliphatic carbocycles. The van der Waals surface area contributed by atoms with E-state index in [1.165, 1.54) is 94.6 Å². The van der Waals surface area contributed by atoms with Gasteiger partial charge in [0, 0.05) is 17.3 Å². The van der Waals surface area contributed by atoms with Gasteiger partial charge in [0.05, 0.1) is 22.2 Å². The Balaban J connectivity index is 1.01. The topological polar surface area (TPSA) is 3.24 Å². The number of anilines is 2. The maximum Gasteiger partial charge on any atom is 0.0746 e. The summed E-state index contributed by atoms with van der Waals surface area (Å²) in [6.45, 7) is 0. The van der Waals surface area contributed by atoms with Crippen molar-refractivity contribution in [2.75, 3.05) is 4.90 Å². The summed E-state index contributed by atoms with van der Waals surface area (Å²) < 4.78 is 0. The first-order valence-corrected chi connectivity index (χ1v) is 22.0. The highest BCUT2D eigenvalue weighted by Gasteiger charge is 2.53. The Labute approximate surface area is 368 Å². The van der Waals surface area contributed by atoms with Crippen molar-refractivity contribution in [1.82, 2.24) is 0 Å². The van der Waals surface area contributed by atoms with Crippen molar-refractivity contribution >= 4 is 16.9 Å². The lowest BCUT2D eigenvalue weighted by Crippen LogP contribution is -2.28. The molecule has 0 aromatic heterocycles. The quantitative estimate of drug-likeness (QED) is 0.151. The third-order valence-corrected chi connectivity index (χ3v) is 14.1. The highest BCUT2D eigenvalue weighted by molar-refractivity contribution is 6.00. The minimum atomic E-state index is -0.500. The van der Waals surface area contributed by atoms with E-state index < -0.39 is 5.41 Å². The van der Waals surface area contributed by atoms with Crippen LogP contribution in [0.3, 0.4) is 0 Å². The summed E-state index contributed by atoms with van der Waals surface area (Å²) in [5.74, 6) is 0. The summed E-state index contributed by atoms with van der Waals surface area (Å²) in [7, 11) is 0. The maximum absolute atomic E-state index is 2.51. The Morgan fingerprint density at radius 3 is 1.32 bits per heavy atom. The number of para-hydroxylation sites is 1. The van der Waals surface area contributed by atoms with Crippen LogP contribution in [-0.4, -0.2) is 0 Å². The predicted molar refractivity (Wildman–Crippen MR) is 261 cm³/mol. The van der Waals surface area contributed by atoms with Crippen molar-refractivity contribution in [3.05, 3.63) is 293 Å². The summed E-state index contributed by atoms with van der Waals surface area (Å²) in [5.41, 5.74) is 23.5. The van der Waals surface area contributed by atoms with Gasteiger partial charge in [-0.25, -0.2) is 0 Å². The third kappa shape index (κ3) is 4.88. The Bertz CT molecular complexity index is 3310. The van der Waals surface area contributed by atoms with E-state index in [1.807, 2.05) is 0 Å². The molecule has 294 valence electrons. The van der Waals surface area contributed by atoms with Gasteiger partial charge in [-0.05, 0) is 102 Å². The Hall–Kier alpha value is -8.00. The highest BCUT2D eigenvalue weighted by atomic mass is 15.1. The lowest BCUT2D eigenvalue weighted by molar-refractivity contribution is 0.793. The van der Waals surface area contributed by atoms with E-state index in [1.54, 1.807) is 0 Å². The fourth-order valence-electron chi connectivity index (χ4n) is 11.8. The van der Waals surface area contributed by atoms with Gasteiger partial charge in [-0.15, -0.1) is 0 Å². The van der Waals surface area contributed by atoms with Gasteiger partial charge < -0.3 is 4.90 Å². The molecule has 9 aromatic carbocycles. The van der Waals surface area contributed by atoms with Crippen molar-refractivity contribution in [3.8, 4) is 44.5 Å². The molecule has 63 heavy (non-hydrogen) atoms. The number of fused-ring (bicyclic) bond motifs is 17. The van der Waals surface area contributed by atoms with Crippen molar-refractivity contribution in [2.24, 2.45) is 0 Å². The largest absolute Gasteiger partial charge is 0.316 e. The van der Waals surface area contributed by atoms with Crippen LogP contribution < -0.4 is 4.90 Å². The number of nitrogens with zero attached hydrogens (tertiary/aromatic N) is 1. The van der Waals surface area contributed by atoms with Gasteiger partial charge in [-0.3, -0.25) is 0 Å². The molecule has 2 spiro atoms. The molecular weight excluding hydrogens is 759 g/mol. The van der Waals surface area contributed by atoms with Gasteiger partial charge in [0.2, 0.25) is 0 Å². The molecule has 0 radical (unpaired) electrons. The first-order chi connectivity index (χ1) is 31.3. The van der Waals surface area contributed by atoms with E-state index >= 15 is 0 Å². The molecule has 4 aliphatic rings. The zero-order chi connectivity index (χ0) is 41.5. The average Bonchev–Trinajstić information content (AvgIpc) is 4.05. The van der Waals surface area contributed by atoms with Gasteiger partial charge in [0.1, 0.15) is 0 Å². The Kier molecular flexibility index (Phi) is 7.80. The zero-order valence-electron chi connectivity index (χ0n) is 34.6. The summed E-state index contributed by atoms with van der Waals surface area (Å²) in [6, 6.07) is 80.7. The van der Waals surface area contributed by atoms with Crippen LogP contribution in [-0.2, 0) is 10.8 Å². The fraction of sp³-hybridized carbons (Fsp3) is 0.0323. The van der Waals surface area contributed by atoms with E-state index in [-0.39, 0.29) is 5.41 Å². The number of hydrogen-bond donors (Lipinski definition) is 0. The van der Waals surface area contributed by atoms with Crippen molar-refractivity contribution in [3.63, 3.8) is 0 Å². The zero-order valence-corrected chi connectivity index (χ0v) is 34.6. The van der Waals surface area contributed by atoms with E-state index in [0.717, 1.165) is 11.4 Å². The molecule has 0 aliphatic heterocycles. The van der Waals surface area contributed by atoms with Crippen LogP contribution in [0.1, 0.15) is 44.5 Å². The average molecular weight is 800 g/mol. The van der Waals surface area contributed by atoms with E-state index in [9.17, 15) is 0 Å². The Morgan fingerprint density at radius 2 is 0.730 bits per heavy atom. The molecule has 9 aromatic rings. The fourth-order valence-corrected chi connectivity index (χ4v) is 11.8. The summed E-state index contributed by atoms with van der Waals surface area (Å²) in [4.78, 5) is 2.45. The highest BCUT2D eigenvalue weighted by Crippen LogP contribution is 2.65. The molecule has 0 amide bonds. The predicted octanol–water partition coefficient (Wildman–Crippen LogP) is 15.3. The Morgan fingerprint density at radius 1 is 0.317 bits per heavy atom. The first-order valence-electron chi connectivity index (χ1n) is 22.0. The number of hydrogen-bond acceptors (Lipinski definition) is 1. The van der Waals surface area contributed by atoms with Crippen molar-refractivity contribution in [2.45, 2.75) is 10.8 Å². The molecule has 0 fully saturated rings. The second-order valence-electron chi connectivity index (χ2n) is 17.1. The normalized spacial score (nSPS) is 14.9. The van der Waals surface area contributed by atoms with Crippen LogP contribution in [0.5, 0.6) is 0 Å². The van der Waals surface area contributed by atoms with Crippen LogP contribution >= 0.6 is 0 Å². The van der Waals surface area contributed by atoms with Gasteiger partial charge >= 0.3 is 0 Å². The lowest BCUT2D eigenvalue weighted by atomic mass is 9.70. The maximum atomic E-state index is 2.51. The van der Waals surface area contributed by atoms with E-state index in [2.05, 4.69) is 254 Å². The molecule has 0 N–H and O–H groups in total. The van der Waals surface area contributed by atoms with Gasteiger partial charge in [0.25, 0.3) is 0 Å². The number of rotatable bonds is 6.